The van der Waals surface area contributed by atoms with Gasteiger partial charge in [0, 0.05) is 8.95 Å². The first-order valence-corrected chi connectivity index (χ1v) is 25.1. The number of hydrogen-bond donors (Lipinski definition) is 0. The maximum Gasteiger partial charge on any atom is 0.494 e. The molecule has 0 spiro atoms. The van der Waals surface area contributed by atoms with Crippen LogP contribution in [0.15, 0.2) is 233 Å². The van der Waals surface area contributed by atoms with Gasteiger partial charge in [-0.1, -0.05) is 212 Å². The third-order valence-corrected chi connectivity index (χ3v) is 15.8. The Morgan fingerprint density at radius 3 is 0.928 bits per heavy atom. The summed E-state index contributed by atoms with van der Waals surface area (Å²) in [4.78, 5) is 0. The van der Waals surface area contributed by atoms with Crippen LogP contribution < -0.4 is 5.46 Å². The minimum atomic E-state index is -0.288. The molecule has 5 heteroatoms. The van der Waals surface area contributed by atoms with E-state index < -0.39 is 0 Å². The van der Waals surface area contributed by atoms with Gasteiger partial charge in [-0.25, -0.2) is 0 Å². The molecule has 0 aromatic heterocycles. The highest BCUT2D eigenvalue weighted by Gasteiger charge is 2.51. The molecule has 1 heterocycles. The number of hydrogen-bond acceptors (Lipinski definition) is 2. The molecule has 0 N–H and O–H groups in total. The van der Waals surface area contributed by atoms with Gasteiger partial charge in [0.1, 0.15) is 0 Å². The van der Waals surface area contributed by atoms with Crippen molar-refractivity contribution in [1.82, 2.24) is 0 Å². The van der Waals surface area contributed by atoms with Crippen molar-refractivity contribution in [2.45, 2.75) is 38.9 Å². The average Bonchev–Trinajstić information content (AvgIpc) is 3.62. The van der Waals surface area contributed by atoms with Gasteiger partial charge in [0.15, 0.2) is 0 Å². The number of halogens is 2. The Labute approximate surface area is 420 Å². The van der Waals surface area contributed by atoms with Gasteiger partial charge in [-0.2, -0.15) is 0 Å². The third-order valence-electron chi connectivity index (χ3n) is 14.1. The number of fused-ring (bicyclic) bond motifs is 7. The predicted octanol–water partition coefficient (Wildman–Crippen LogP) is 18.3. The normalized spacial score (nSPS) is 14.0. The molecule has 0 aliphatic carbocycles. The van der Waals surface area contributed by atoms with E-state index in [1.165, 1.54) is 107 Å². The summed E-state index contributed by atoms with van der Waals surface area (Å²) in [7, 11) is -0.283. The molecule has 0 unspecified atom stereocenters. The number of rotatable bonds is 3. The molecule has 0 amide bonds. The van der Waals surface area contributed by atoms with Crippen LogP contribution in [0, 0.1) is 0 Å². The Kier molecular flexibility index (Phi) is 12.0. The van der Waals surface area contributed by atoms with E-state index in [4.69, 9.17) is 9.31 Å². The van der Waals surface area contributed by atoms with Gasteiger partial charge in [-0.15, -0.1) is 0 Å². The van der Waals surface area contributed by atoms with Gasteiger partial charge in [0.05, 0.1) is 11.2 Å². The van der Waals surface area contributed by atoms with Crippen LogP contribution in [0.2, 0.25) is 0 Å². The van der Waals surface area contributed by atoms with Crippen LogP contribution in [0.1, 0.15) is 27.7 Å². The largest absolute Gasteiger partial charge is 0.494 e. The number of benzene rings is 12. The summed E-state index contributed by atoms with van der Waals surface area (Å²) in [6.45, 7) is 8.31. The SMILES string of the molecule is Brc1c2ccccc2c(Br)c2ccccc12.CC1(C)OB(c2ccc3ccccc3c2)OC1(C)C.c1ccc2cc(-c3c4ccccc4c(-c4ccc5ccccc5c4)c4ccccc34)ccc2c1. The minimum Gasteiger partial charge on any atom is -0.399 e. The molecule has 12 aromatic carbocycles. The van der Waals surface area contributed by atoms with E-state index in [1.807, 2.05) is 0 Å². The van der Waals surface area contributed by atoms with Gasteiger partial charge < -0.3 is 9.31 Å². The molecule has 0 radical (unpaired) electrons. The fourth-order valence-electron chi connectivity index (χ4n) is 9.80. The highest BCUT2D eigenvalue weighted by atomic mass is 79.9. The minimum absolute atomic E-state index is 0.283. The Morgan fingerprint density at radius 1 is 0.304 bits per heavy atom. The van der Waals surface area contributed by atoms with Crippen molar-refractivity contribution in [3.63, 3.8) is 0 Å². The second-order valence-electron chi connectivity index (χ2n) is 18.9. The molecule has 12 aromatic rings. The Morgan fingerprint density at radius 2 is 0.580 bits per heavy atom. The lowest BCUT2D eigenvalue weighted by Gasteiger charge is -2.32. The van der Waals surface area contributed by atoms with Crippen molar-refractivity contribution in [1.29, 1.82) is 0 Å². The summed E-state index contributed by atoms with van der Waals surface area (Å²) < 4.78 is 14.5. The van der Waals surface area contributed by atoms with E-state index in [1.54, 1.807) is 0 Å². The average molecular weight is 1020 g/mol. The monoisotopic (exact) mass is 1020 g/mol. The summed E-state index contributed by atoms with van der Waals surface area (Å²) in [6.07, 6.45) is 0. The molecular formula is C64H49BBr2O2. The molecule has 13 rings (SSSR count). The first kappa shape index (κ1) is 44.9. The Bertz CT molecular complexity index is 3590. The van der Waals surface area contributed by atoms with Crippen LogP contribution in [0.4, 0.5) is 0 Å². The van der Waals surface area contributed by atoms with Crippen molar-refractivity contribution in [3.05, 3.63) is 233 Å². The quantitative estimate of drug-likeness (QED) is 0.130. The van der Waals surface area contributed by atoms with Gasteiger partial charge in [-0.3, -0.25) is 0 Å². The van der Waals surface area contributed by atoms with Crippen molar-refractivity contribution < 1.29 is 9.31 Å². The van der Waals surface area contributed by atoms with Crippen LogP contribution in [-0.2, 0) is 9.31 Å². The van der Waals surface area contributed by atoms with Gasteiger partial charge in [0.25, 0.3) is 0 Å². The zero-order valence-electron chi connectivity index (χ0n) is 39.0. The van der Waals surface area contributed by atoms with Gasteiger partial charge in [0.2, 0.25) is 0 Å². The second-order valence-corrected chi connectivity index (χ2v) is 20.5. The molecule has 2 nitrogen and oxygen atoms in total. The smallest absolute Gasteiger partial charge is 0.399 e. The molecule has 69 heavy (non-hydrogen) atoms. The zero-order valence-corrected chi connectivity index (χ0v) is 42.2. The fourth-order valence-corrected chi connectivity index (χ4v) is 11.2. The zero-order chi connectivity index (χ0) is 47.3. The lowest BCUT2D eigenvalue weighted by atomic mass is 9.78. The molecule has 1 aliphatic rings. The predicted molar refractivity (Wildman–Crippen MR) is 304 cm³/mol. The van der Waals surface area contributed by atoms with E-state index in [0.29, 0.717) is 0 Å². The lowest BCUT2D eigenvalue weighted by Crippen LogP contribution is -2.41. The van der Waals surface area contributed by atoms with Gasteiger partial charge in [-0.05, 0) is 175 Å². The second kappa shape index (κ2) is 18.4. The maximum atomic E-state index is 6.08. The van der Waals surface area contributed by atoms with E-state index in [2.05, 4.69) is 284 Å². The summed E-state index contributed by atoms with van der Waals surface area (Å²) in [5.74, 6) is 0. The van der Waals surface area contributed by atoms with E-state index in [9.17, 15) is 0 Å². The highest BCUT2D eigenvalue weighted by molar-refractivity contribution is 9.11. The van der Waals surface area contributed by atoms with Crippen LogP contribution >= 0.6 is 31.9 Å². The van der Waals surface area contributed by atoms with Crippen LogP contribution in [0.3, 0.4) is 0 Å². The Hall–Kier alpha value is -6.60. The first-order valence-electron chi connectivity index (χ1n) is 23.6. The molecular weight excluding hydrogens is 971 g/mol. The van der Waals surface area contributed by atoms with Crippen molar-refractivity contribution in [3.8, 4) is 22.3 Å². The molecule has 1 aliphatic heterocycles. The highest BCUT2D eigenvalue weighted by Crippen LogP contribution is 2.45. The van der Waals surface area contributed by atoms with Gasteiger partial charge >= 0.3 is 7.12 Å². The van der Waals surface area contributed by atoms with Crippen LogP contribution in [-0.4, -0.2) is 18.3 Å². The van der Waals surface area contributed by atoms with Crippen molar-refractivity contribution in [2.24, 2.45) is 0 Å². The summed E-state index contributed by atoms with van der Waals surface area (Å²) in [6, 6.07) is 80.1. The van der Waals surface area contributed by atoms with Crippen molar-refractivity contribution >= 4 is 120 Å². The molecule has 1 saturated heterocycles. The fraction of sp³-hybridized carbons (Fsp3) is 0.0938. The summed E-state index contributed by atoms with van der Waals surface area (Å²) >= 11 is 7.39. The van der Waals surface area contributed by atoms with E-state index in [-0.39, 0.29) is 18.3 Å². The molecule has 334 valence electrons. The maximum absolute atomic E-state index is 6.08. The summed E-state index contributed by atoms with van der Waals surface area (Å²) in [5.41, 5.74) is 5.64. The molecule has 0 saturated carbocycles. The van der Waals surface area contributed by atoms with Crippen LogP contribution in [0.5, 0.6) is 0 Å². The standard InChI is InChI=1S/C34H22.C16H19BO2.C14H8Br2/c1-3-11-25-21-27(19-17-23(25)9-1)33-29-13-5-7-15-31(29)34(32-16-8-6-14-30(32)33)28-20-18-24-10-2-4-12-26(24)22-28;1-15(2)16(3,4)19-17(18-15)14-10-9-12-7-5-6-8-13(12)11-14;15-13-9-5-1-2-6-10(9)14(16)12-8-4-3-7-11(12)13/h1-22H;5-11H,1-4H3;1-8H. The van der Waals surface area contributed by atoms with Crippen LogP contribution in [0.25, 0.3) is 97.7 Å². The van der Waals surface area contributed by atoms with E-state index >= 15 is 0 Å². The van der Waals surface area contributed by atoms with E-state index in [0.717, 1.165) is 5.46 Å². The third kappa shape index (κ3) is 8.42. The van der Waals surface area contributed by atoms with Crippen molar-refractivity contribution in [2.75, 3.05) is 0 Å². The summed E-state index contributed by atoms with van der Waals surface area (Å²) in [5, 5.41) is 17.7. The molecule has 1 fully saturated rings. The Balaban J connectivity index is 0.000000125. The molecule has 0 atom stereocenters. The molecule has 0 bridgehead atoms. The topological polar surface area (TPSA) is 18.5 Å². The first-order chi connectivity index (χ1) is 33.5. The lowest BCUT2D eigenvalue weighted by molar-refractivity contribution is 0.00578.